The lowest BCUT2D eigenvalue weighted by Gasteiger charge is -2.03. The second kappa shape index (κ2) is 7.25. The number of hydrogen-bond acceptors (Lipinski definition) is 4. The molecular weight excluding hydrogens is 246 g/mol. The van der Waals surface area contributed by atoms with Crippen molar-refractivity contribution in [2.45, 2.75) is 33.1 Å². The van der Waals surface area contributed by atoms with Crippen molar-refractivity contribution >= 4 is 17.3 Å². The first-order chi connectivity index (χ1) is 9.06. The first kappa shape index (κ1) is 14.8. The molecule has 0 unspecified atom stereocenters. The second-order valence-electron chi connectivity index (χ2n) is 4.17. The molecule has 0 aliphatic rings. The Hall–Kier alpha value is -2.24. The van der Waals surface area contributed by atoms with Crippen molar-refractivity contribution in [1.29, 1.82) is 0 Å². The van der Waals surface area contributed by atoms with Crippen molar-refractivity contribution in [2.24, 2.45) is 5.10 Å². The van der Waals surface area contributed by atoms with Crippen molar-refractivity contribution < 1.29 is 9.72 Å². The molecule has 0 aromatic heterocycles. The number of amides is 1. The number of nitrogens with one attached hydrogen (secondary N) is 1. The van der Waals surface area contributed by atoms with E-state index in [0.717, 1.165) is 25.0 Å². The summed E-state index contributed by atoms with van der Waals surface area (Å²) in [5.41, 5.74) is 2.94. The van der Waals surface area contributed by atoms with E-state index < -0.39 is 10.8 Å². The molecule has 19 heavy (non-hydrogen) atoms. The number of carbonyl (C=O) groups excluding carboxylic acids is 1. The number of hydrazone groups is 1. The molecule has 6 nitrogen and oxygen atoms in total. The van der Waals surface area contributed by atoms with Gasteiger partial charge in [0.25, 0.3) is 11.6 Å². The first-order valence-corrected chi connectivity index (χ1v) is 6.13. The van der Waals surface area contributed by atoms with Crippen LogP contribution < -0.4 is 5.43 Å². The normalized spacial score (nSPS) is 11.2. The Morgan fingerprint density at radius 2 is 2.11 bits per heavy atom. The van der Waals surface area contributed by atoms with Crippen LogP contribution in [-0.2, 0) is 0 Å². The molecule has 102 valence electrons. The number of rotatable bonds is 6. The van der Waals surface area contributed by atoms with E-state index in [4.69, 9.17) is 0 Å². The molecule has 0 spiro atoms. The average Bonchev–Trinajstić information content (AvgIpc) is 2.42. The third-order valence-electron chi connectivity index (χ3n) is 2.59. The Morgan fingerprint density at radius 1 is 1.42 bits per heavy atom. The van der Waals surface area contributed by atoms with E-state index in [9.17, 15) is 14.9 Å². The van der Waals surface area contributed by atoms with Crippen LogP contribution >= 0.6 is 0 Å². The van der Waals surface area contributed by atoms with E-state index in [2.05, 4.69) is 17.5 Å². The van der Waals surface area contributed by atoms with E-state index in [-0.39, 0.29) is 11.3 Å². The molecule has 0 bridgehead atoms. The van der Waals surface area contributed by atoms with Crippen molar-refractivity contribution in [2.75, 3.05) is 0 Å². The van der Waals surface area contributed by atoms with E-state index in [1.165, 1.54) is 18.2 Å². The predicted molar refractivity (Wildman–Crippen MR) is 73.2 cm³/mol. The molecular formula is C13H17N3O3. The summed E-state index contributed by atoms with van der Waals surface area (Å²) in [7, 11) is 0. The third-order valence-corrected chi connectivity index (χ3v) is 2.59. The molecule has 0 saturated carbocycles. The zero-order valence-electron chi connectivity index (χ0n) is 11.0. The van der Waals surface area contributed by atoms with Gasteiger partial charge >= 0.3 is 0 Å². The van der Waals surface area contributed by atoms with Crippen LogP contribution in [0.2, 0.25) is 0 Å². The summed E-state index contributed by atoms with van der Waals surface area (Å²) in [6.45, 7) is 3.88. The highest BCUT2D eigenvalue weighted by Gasteiger charge is 2.18. The van der Waals surface area contributed by atoms with Crippen LogP contribution in [0.15, 0.2) is 29.4 Å². The first-order valence-electron chi connectivity index (χ1n) is 6.13. The summed E-state index contributed by atoms with van der Waals surface area (Å²) in [5.74, 6) is -0.567. The highest BCUT2D eigenvalue weighted by Crippen LogP contribution is 2.17. The minimum absolute atomic E-state index is 0.0135. The Kier molecular flexibility index (Phi) is 5.66. The van der Waals surface area contributed by atoms with Gasteiger partial charge in [0.1, 0.15) is 5.56 Å². The van der Waals surface area contributed by atoms with Crippen LogP contribution in [0.1, 0.15) is 43.5 Å². The maximum absolute atomic E-state index is 11.8. The zero-order chi connectivity index (χ0) is 14.3. The van der Waals surface area contributed by atoms with E-state index in [1.54, 1.807) is 6.07 Å². The van der Waals surface area contributed by atoms with Gasteiger partial charge in [-0.25, -0.2) is 5.43 Å². The molecule has 1 aromatic rings. The van der Waals surface area contributed by atoms with Gasteiger partial charge in [-0.2, -0.15) is 5.10 Å². The van der Waals surface area contributed by atoms with Gasteiger partial charge in [-0.15, -0.1) is 0 Å². The lowest BCUT2D eigenvalue weighted by atomic mass is 10.2. The molecule has 0 aliphatic heterocycles. The molecule has 0 radical (unpaired) electrons. The smallest absolute Gasteiger partial charge is 0.267 e. The van der Waals surface area contributed by atoms with Crippen molar-refractivity contribution in [3.05, 3.63) is 39.9 Å². The third kappa shape index (κ3) is 4.50. The van der Waals surface area contributed by atoms with Crippen LogP contribution in [0.25, 0.3) is 0 Å². The largest absolute Gasteiger partial charge is 0.282 e. The van der Waals surface area contributed by atoms with Crippen LogP contribution in [0, 0.1) is 10.1 Å². The monoisotopic (exact) mass is 263 g/mol. The standard InChI is InChI=1S/C13H17N3O3/c1-3-4-7-10(2)14-15-13(17)11-8-5-6-9-12(11)16(18)19/h5-6,8-9H,3-4,7H2,1-2H3,(H,15,17). The van der Waals surface area contributed by atoms with E-state index in [1.807, 2.05) is 6.92 Å². The summed E-state index contributed by atoms with van der Waals surface area (Å²) in [4.78, 5) is 22.0. The topological polar surface area (TPSA) is 84.6 Å². The Balaban J connectivity index is 2.76. The maximum Gasteiger partial charge on any atom is 0.282 e. The van der Waals surface area contributed by atoms with Gasteiger partial charge < -0.3 is 0 Å². The summed E-state index contributed by atoms with van der Waals surface area (Å²) >= 11 is 0. The molecule has 1 amide bonds. The Morgan fingerprint density at radius 3 is 2.74 bits per heavy atom. The number of nitro groups is 1. The molecule has 0 fully saturated rings. The quantitative estimate of drug-likeness (QED) is 0.486. The van der Waals surface area contributed by atoms with Gasteiger partial charge in [-0.3, -0.25) is 14.9 Å². The maximum atomic E-state index is 11.8. The Labute approximate surface area is 111 Å². The van der Waals surface area contributed by atoms with E-state index in [0.29, 0.717) is 0 Å². The van der Waals surface area contributed by atoms with Crippen molar-refractivity contribution in [3.63, 3.8) is 0 Å². The minimum atomic E-state index is -0.581. The van der Waals surface area contributed by atoms with Gasteiger partial charge in [0.15, 0.2) is 0 Å². The minimum Gasteiger partial charge on any atom is -0.267 e. The van der Waals surface area contributed by atoms with Crippen LogP contribution in [0.4, 0.5) is 5.69 Å². The summed E-state index contributed by atoms with van der Waals surface area (Å²) < 4.78 is 0. The average molecular weight is 263 g/mol. The number of carbonyl (C=O) groups is 1. The molecule has 0 heterocycles. The van der Waals surface area contributed by atoms with Gasteiger partial charge in [-0.1, -0.05) is 25.5 Å². The fourth-order valence-electron chi connectivity index (χ4n) is 1.52. The molecule has 1 N–H and O–H groups in total. The summed E-state index contributed by atoms with van der Waals surface area (Å²) in [6, 6.07) is 5.80. The highest BCUT2D eigenvalue weighted by atomic mass is 16.6. The molecule has 6 heteroatoms. The Bertz CT molecular complexity index is 498. The fourth-order valence-corrected chi connectivity index (χ4v) is 1.52. The number of benzene rings is 1. The van der Waals surface area contributed by atoms with Crippen LogP contribution in [0.5, 0.6) is 0 Å². The molecule has 0 aliphatic carbocycles. The van der Waals surface area contributed by atoms with Crippen molar-refractivity contribution in [3.8, 4) is 0 Å². The number of nitrogens with zero attached hydrogens (tertiary/aromatic N) is 2. The van der Waals surface area contributed by atoms with Gasteiger partial charge in [0.05, 0.1) is 4.92 Å². The zero-order valence-corrected chi connectivity index (χ0v) is 11.0. The summed E-state index contributed by atoms with van der Waals surface area (Å²) in [6.07, 6.45) is 2.84. The fraction of sp³-hybridized carbons (Fsp3) is 0.385. The van der Waals surface area contributed by atoms with Crippen LogP contribution in [0.3, 0.4) is 0 Å². The molecule has 0 atom stereocenters. The second-order valence-corrected chi connectivity index (χ2v) is 4.17. The van der Waals surface area contributed by atoms with Crippen molar-refractivity contribution in [1.82, 2.24) is 5.43 Å². The predicted octanol–water partition coefficient (Wildman–Crippen LogP) is 2.89. The summed E-state index contributed by atoms with van der Waals surface area (Å²) in [5, 5.41) is 14.7. The molecule has 0 saturated heterocycles. The SMILES string of the molecule is CCCCC(C)=NNC(=O)c1ccccc1[N+](=O)[O-]. The lowest BCUT2D eigenvalue weighted by molar-refractivity contribution is -0.385. The van der Waals surface area contributed by atoms with Gasteiger partial charge in [0.2, 0.25) is 0 Å². The van der Waals surface area contributed by atoms with Gasteiger partial charge in [0, 0.05) is 11.8 Å². The number of nitro benzene ring substituents is 1. The highest BCUT2D eigenvalue weighted by molar-refractivity contribution is 5.98. The number of para-hydroxylation sites is 1. The molecule has 1 rings (SSSR count). The number of hydrogen-bond donors (Lipinski definition) is 1. The molecule has 1 aromatic carbocycles. The van der Waals surface area contributed by atoms with Crippen LogP contribution in [-0.4, -0.2) is 16.5 Å². The number of unbranched alkanes of at least 4 members (excludes halogenated alkanes) is 1. The van der Waals surface area contributed by atoms with Gasteiger partial charge in [-0.05, 0) is 25.8 Å². The van der Waals surface area contributed by atoms with E-state index >= 15 is 0 Å². The lowest BCUT2D eigenvalue weighted by Crippen LogP contribution is -2.20.